The Balaban J connectivity index is 2.63. The summed E-state index contributed by atoms with van der Waals surface area (Å²) in [7, 11) is 0. The lowest BCUT2D eigenvalue weighted by molar-refractivity contribution is 0.399. The van der Waals surface area contributed by atoms with Gasteiger partial charge in [0.2, 0.25) is 5.89 Å². The standard InChI is InChI=1S/C9H15BrN2O/c1-3-5-7(6-4-2)8-11-12-9(10)13-8/h7H,3-6H2,1-2H3. The van der Waals surface area contributed by atoms with Crippen LogP contribution in [0.4, 0.5) is 0 Å². The maximum absolute atomic E-state index is 5.35. The fourth-order valence-corrected chi connectivity index (χ4v) is 1.71. The molecule has 0 saturated heterocycles. The summed E-state index contributed by atoms with van der Waals surface area (Å²) in [5.74, 6) is 1.21. The van der Waals surface area contributed by atoms with E-state index in [2.05, 4.69) is 40.0 Å². The highest BCUT2D eigenvalue weighted by atomic mass is 79.9. The lowest BCUT2D eigenvalue weighted by atomic mass is 9.98. The first-order valence-electron chi connectivity index (χ1n) is 4.76. The highest BCUT2D eigenvalue weighted by Crippen LogP contribution is 2.25. The number of halogens is 1. The third-order valence-electron chi connectivity index (χ3n) is 2.04. The van der Waals surface area contributed by atoms with Crippen LogP contribution in [0.5, 0.6) is 0 Å². The van der Waals surface area contributed by atoms with E-state index in [4.69, 9.17) is 4.42 Å². The molecule has 1 heterocycles. The summed E-state index contributed by atoms with van der Waals surface area (Å²) >= 11 is 3.16. The van der Waals surface area contributed by atoms with Crippen LogP contribution in [0.25, 0.3) is 0 Å². The van der Waals surface area contributed by atoms with E-state index in [1.54, 1.807) is 0 Å². The monoisotopic (exact) mass is 246 g/mol. The molecule has 0 aromatic carbocycles. The Bertz CT molecular complexity index is 244. The molecule has 0 aliphatic heterocycles. The number of aromatic nitrogens is 2. The van der Waals surface area contributed by atoms with Crippen molar-refractivity contribution in [1.82, 2.24) is 10.2 Å². The molecule has 0 atom stereocenters. The summed E-state index contributed by atoms with van der Waals surface area (Å²) in [4.78, 5) is 0.486. The van der Waals surface area contributed by atoms with Crippen molar-refractivity contribution in [2.75, 3.05) is 0 Å². The van der Waals surface area contributed by atoms with Crippen molar-refractivity contribution in [3.8, 4) is 0 Å². The number of nitrogens with zero attached hydrogens (tertiary/aromatic N) is 2. The van der Waals surface area contributed by atoms with Crippen molar-refractivity contribution in [2.45, 2.75) is 45.4 Å². The molecule has 0 N–H and O–H groups in total. The first kappa shape index (κ1) is 10.7. The molecular formula is C9H15BrN2O. The van der Waals surface area contributed by atoms with Crippen LogP contribution in [0, 0.1) is 0 Å². The van der Waals surface area contributed by atoms with Crippen LogP contribution in [0.3, 0.4) is 0 Å². The molecular weight excluding hydrogens is 232 g/mol. The molecule has 13 heavy (non-hydrogen) atoms. The van der Waals surface area contributed by atoms with Gasteiger partial charge in [-0.1, -0.05) is 26.7 Å². The third kappa shape index (κ3) is 3.10. The lowest BCUT2D eigenvalue weighted by Crippen LogP contribution is -1.98. The van der Waals surface area contributed by atoms with Gasteiger partial charge in [-0.15, -0.1) is 10.2 Å². The lowest BCUT2D eigenvalue weighted by Gasteiger charge is -2.09. The number of rotatable bonds is 5. The molecule has 0 unspecified atom stereocenters. The van der Waals surface area contributed by atoms with Gasteiger partial charge in [0, 0.05) is 21.8 Å². The van der Waals surface area contributed by atoms with Gasteiger partial charge in [-0.2, -0.15) is 0 Å². The molecule has 0 amide bonds. The average molecular weight is 247 g/mol. The van der Waals surface area contributed by atoms with Gasteiger partial charge in [-0.3, -0.25) is 0 Å². The minimum absolute atomic E-state index is 0.439. The molecule has 4 heteroatoms. The van der Waals surface area contributed by atoms with Crippen molar-refractivity contribution >= 4 is 15.9 Å². The molecule has 1 aromatic heterocycles. The zero-order chi connectivity index (χ0) is 9.68. The Labute approximate surface area is 87.1 Å². The topological polar surface area (TPSA) is 38.9 Å². The molecule has 74 valence electrons. The van der Waals surface area contributed by atoms with Gasteiger partial charge in [-0.05, 0) is 12.8 Å². The fraction of sp³-hybridized carbons (Fsp3) is 0.778. The van der Waals surface area contributed by atoms with Crippen LogP contribution in [-0.2, 0) is 0 Å². The SMILES string of the molecule is CCCC(CCC)c1nnc(Br)o1. The Morgan fingerprint density at radius 2 is 1.85 bits per heavy atom. The van der Waals surface area contributed by atoms with Crippen molar-refractivity contribution in [2.24, 2.45) is 0 Å². The smallest absolute Gasteiger partial charge is 0.284 e. The van der Waals surface area contributed by atoms with E-state index < -0.39 is 0 Å². The Morgan fingerprint density at radius 3 is 2.23 bits per heavy atom. The first-order valence-corrected chi connectivity index (χ1v) is 5.56. The summed E-state index contributed by atoms with van der Waals surface area (Å²) in [6, 6.07) is 0. The van der Waals surface area contributed by atoms with Crippen LogP contribution >= 0.6 is 15.9 Å². The molecule has 1 rings (SSSR count). The van der Waals surface area contributed by atoms with E-state index in [0.717, 1.165) is 31.6 Å². The second-order valence-electron chi connectivity index (χ2n) is 3.17. The zero-order valence-corrected chi connectivity index (χ0v) is 9.67. The van der Waals surface area contributed by atoms with Gasteiger partial charge >= 0.3 is 0 Å². The maximum atomic E-state index is 5.35. The van der Waals surface area contributed by atoms with Crippen LogP contribution < -0.4 is 0 Å². The van der Waals surface area contributed by atoms with E-state index in [9.17, 15) is 0 Å². The minimum Gasteiger partial charge on any atom is -0.415 e. The maximum Gasteiger partial charge on any atom is 0.284 e. The Morgan fingerprint density at radius 1 is 1.23 bits per heavy atom. The Hall–Kier alpha value is -0.380. The zero-order valence-electron chi connectivity index (χ0n) is 8.09. The van der Waals surface area contributed by atoms with E-state index in [0.29, 0.717) is 10.7 Å². The highest BCUT2D eigenvalue weighted by molar-refractivity contribution is 9.10. The summed E-state index contributed by atoms with van der Waals surface area (Å²) in [5.41, 5.74) is 0. The van der Waals surface area contributed by atoms with Gasteiger partial charge < -0.3 is 4.42 Å². The molecule has 0 radical (unpaired) electrons. The molecule has 0 aliphatic rings. The summed E-state index contributed by atoms with van der Waals surface area (Å²) in [6.45, 7) is 4.35. The fourth-order valence-electron chi connectivity index (χ4n) is 1.47. The van der Waals surface area contributed by atoms with Crippen molar-refractivity contribution < 1.29 is 4.42 Å². The van der Waals surface area contributed by atoms with Gasteiger partial charge in [0.1, 0.15) is 0 Å². The molecule has 1 aromatic rings. The minimum atomic E-state index is 0.439. The van der Waals surface area contributed by atoms with Gasteiger partial charge in [0.25, 0.3) is 4.80 Å². The number of hydrogen-bond acceptors (Lipinski definition) is 3. The summed E-state index contributed by atoms with van der Waals surface area (Å²) < 4.78 is 5.35. The van der Waals surface area contributed by atoms with Crippen LogP contribution in [-0.4, -0.2) is 10.2 Å². The molecule has 0 spiro atoms. The van der Waals surface area contributed by atoms with E-state index in [-0.39, 0.29) is 0 Å². The van der Waals surface area contributed by atoms with Crippen LogP contribution in [0.15, 0.2) is 9.22 Å². The first-order chi connectivity index (χ1) is 6.27. The van der Waals surface area contributed by atoms with Gasteiger partial charge in [0.15, 0.2) is 0 Å². The van der Waals surface area contributed by atoms with Crippen molar-refractivity contribution in [3.05, 3.63) is 10.7 Å². The predicted molar refractivity (Wildman–Crippen MR) is 54.6 cm³/mol. The normalized spacial score (nSPS) is 11.1. The molecule has 3 nitrogen and oxygen atoms in total. The molecule has 0 fully saturated rings. The van der Waals surface area contributed by atoms with Gasteiger partial charge in [0.05, 0.1) is 0 Å². The van der Waals surface area contributed by atoms with E-state index in [1.165, 1.54) is 0 Å². The number of hydrogen-bond donors (Lipinski definition) is 0. The summed E-state index contributed by atoms with van der Waals surface area (Å²) in [5, 5.41) is 7.79. The van der Waals surface area contributed by atoms with E-state index in [1.807, 2.05) is 0 Å². The second kappa shape index (κ2) is 5.37. The van der Waals surface area contributed by atoms with E-state index >= 15 is 0 Å². The molecule has 0 saturated carbocycles. The van der Waals surface area contributed by atoms with Crippen LogP contribution in [0.2, 0.25) is 0 Å². The van der Waals surface area contributed by atoms with Crippen molar-refractivity contribution in [1.29, 1.82) is 0 Å². The highest BCUT2D eigenvalue weighted by Gasteiger charge is 2.15. The second-order valence-corrected chi connectivity index (χ2v) is 3.85. The molecule has 0 aliphatic carbocycles. The average Bonchev–Trinajstić information content (AvgIpc) is 2.51. The third-order valence-corrected chi connectivity index (χ3v) is 2.36. The van der Waals surface area contributed by atoms with Crippen LogP contribution in [0.1, 0.15) is 51.3 Å². The largest absolute Gasteiger partial charge is 0.415 e. The van der Waals surface area contributed by atoms with Gasteiger partial charge in [-0.25, -0.2) is 0 Å². The summed E-state index contributed by atoms with van der Waals surface area (Å²) in [6.07, 6.45) is 4.57. The van der Waals surface area contributed by atoms with Crippen molar-refractivity contribution in [3.63, 3.8) is 0 Å². The quantitative estimate of drug-likeness (QED) is 0.799. The molecule has 0 bridgehead atoms. The predicted octanol–water partition coefficient (Wildman–Crippen LogP) is 3.52. The Kier molecular flexibility index (Phi) is 4.42.